The van der Waals surface area contributed by atoms with Gasteiger partial charge in [-0.15, -0.1) is 0 Å². The second-order valence-corrected chi connectivity index (χ2v) is 5.14. The fourth-order valence-electron chi connectivity index (χ4n) is 2.03. The molecule has 0 aliphatic carbocycles. The molecule has 1 atom stereocenters. The lowest BCUT2D eigenvalue weighted by Gasteiger charge is -2.18. The monoisotopic (exact) mass is 293 g/mol. The maximum atomic E-state index is 14.0. The average molecular weight is 294 g/mol. The molecule has 0 aliphatic heterocycles. The van der Waals surface area contributed by atoms with Gasteiger partial charge >= 0.3 is 0 Å². The van der Waals surface area contributed by atoms with Gasteiger partial charge in [0.15, 0.2) is 0 Å². The maximum Gasteiger partial charge on any atom is 0.132 e. The number of hydrogen-bond acceptors (Lipinski definition) is 2. The van der Waals surface area contributed by atoms with Crippen LogP contribution in [-0.2, 0) is 0 Å². The lowest BCUT2D eigenvalue weighted by atomic mass is 10.1. The predicted octanol–water partition coefficient (Wildman–Crippen LogP) is 4.97. The molecule has 0 spiro atoms. The number of ether oxygens (including phenoxy) is 1. The molecule has 2 aromatic rings. The number of benzene rings is 2. The summed E-state index contributed by atoms with van der Waals surface area (Å²) >= 11 is 6.17. The Kier molecular flexibility index (Phi) is 4.50. The van der Waals surface area contributed by atoms with E-state index in [1.165, 1.54) is 13.2 Å². The van der Waals surface area contributed by atoms with Gasteiger partial charge in [-0.2, -0.15) is 0 Å². The van der Waals surface area contributed by atoms with E-state index in [4.69, 9.17) is 16.3 Å². The minimum absolute atomic E-state index is 0.193. The van der Waals surface area contributed by atoms with Crippen LogP contribution < -0.4 is 10.1 Å². The molecule has 0 heterocycles. The zero-order chi connectivity index (χ0) is 14.7. The molecular formula is C16H17ClFNO. The highest BCUT2D eigenvalue weighted by Crippen LogP contribution is 2.29. The Morgan fingerprint density at radius 3 is 2.55 bits per heavy atom. The molecule has 4 heteroatoms. The van der Waals surface area contributed by atoms with Gasteiger partial charge in [-0.1, -0.05) is 23.7 Å². The highest BCUT2D eigenvalue weighted by molar-refractivity contribution is 6.33. The van der Waals surface area contributed by atoms with Crippen LogP contribution in [0.3, 0.4) is 0 Å². The van der Waals surface area contributed by atoms with Crippen LogP contribution in [0.4, 0.5) is 10.1 Å². The summed E-state index contributed by atoms with van der Waals surface area (Å²) in [4.78, 5) is 0. The van der Waals surface area contributed by atoms with Crippen molar-refractivity contribution in [3.8, 4) is 5.75 Å². The third kappa shape index (κ3) is 3.23. The van der Waals surface area contributed by atoms with Crippen LogP contribution in [0.2, 0.25) is 5.02 Å². The Morgan fingerprint density at radius 2 is 1.95 bits per heavy atom. The molecular weight excluding hydrogens is 277 g/mol. The molecule has 106 valence electrons. The van der Waals surface area contributed by atoms with Gasteiger partial charge in [0.2, 0.25) is 0 Å². The van der Waals surface area contributed by atoms with Crippen molar-refractivity contribution < 1.29 is 9.13 Å². The maximum absolute atomic E-state index is 14.0. The summed E-state index contributed by atoms with van der Waals surface area (Å²) in [5.41, 5.74) is 2.45. The van der Waals surface area contributed by atoms with Crippen LogP contribution in [0.1, 0.15) is 24.1 Å². The number of aryl methyl sites for hydroxylation is 1. The van der Waals surface area contributed by atoms with E-state index in [1.54, 1.807) is 12.1 Å². The number of nitrogens with one attached hydrogen (secondary N) is 1. The van der Waals surface area contributed by atoms with Crippen molar-refractivity contribution in [1.82, 2.24) is 0 Å². The third-order valence-electron chi connectivity index (χ3n) is 3.17. The summed E-state index contributed by atoms with van der Waals surface area (Å²) in [5.74, 6) is 0.208. The van der Waals surface area contributed by atoms with Gasteiger partial charge in [-0.25, -0.2) is 4.39 Å². The molecule has 0 amide bonds. The molecule has 2 aromatic carbocycles. The van der Waals surface area contributed by atoms with Gasteiger partial charge in [-0.05, 0) is 37.6 Å². The average Bonchev–Trinajstić information content (AvgIpc) is 2.41. The quantitative estimate of drug-likeness (QED) is 0.859. The Hall–Kier alpha value is -1.74. The summed E-state index contributed by atoms with van der Waals surface area (Å²) in [5, 5.41) is 3.85. The van der Waals surface area contributed by atoms with Gasteiger partial charge in [0.25, 0.3) is 0 Å². The van der Waals surface area contributed by atoms with Crippen molar-refractivity contribution >= 4 is 17.3 Å². The van der Waals surface area contributed by atoms with Crippen molar-refractivity contribution in [2.45, 2.75) is 19.9 Å². The Bertz CT molecular complexity index is 615. The fourth-order valence-corrected chi connectivity index (χ4v) is 2.32. The fraction of sp³-hybridized carbons (Fsp3) is 0.250. The lowest BCUT2D eigenvalue weighted by Crippen LogP contribution is -2.09. The van der Waals surface area contributed by atoms with Crippen molar-refractivity contribution in [3.05, 3.63) is 58.4 Å². The van der Waals surface area contributed by atoms with Crippen molar-refractivity contribution in [2.24, 2.45) is 0 Å². The molecule has 2 rings (SSSR count). The van der Waals surface area contributed by atoms with Crippen molar-refractivity contribution in [1.29, 1.82) is 0 Å². The predicted molar refractivity (Wildman–Crippen MR) is 81.2 cm³/mol. The molecule has 0 fully saturated rings. The molecule has 2 nitrogen and oxygen atoms in total. The summed E-state index contributed by atoms with van der Waals surface area (Å²) in [6.07, 6.45) is 0. The van der Waals surface area contributed by atoms with Crippen LogP contribution in [-0.4, -0.2) is 7.11 Å². The zero-order valence-electron chi connectivity index (χ0n) is 11.7. The number of halogens is 2. The minimum Gasteiger partial charge on any atom is -0.497 e. The second-order valence-electron chi connectivity index (χ2n) is 4.74. The lowest BCUT2D eigenvalue weighted by molar-refractivity contribution is 0.410. The highest BCUT2D eigenvalue weighted by atomic mass is 35.5. The molecule has 20 heavy (non-hydrogen) atoms. The first kappa shape index (κ1) is 14.7. The molecule has 0 bridgehead atoms. The van der Waals surface area contributed by atoms with Crippen LogP contribution in [0.15, 0.2) is 36.4 Å². The summed E-state index contributed by atoms with van der Waals surface area (Å²) in [7, 11) is 1.52. The first-order valence-corrected chi connectivity index (χ1v) is 6.75. The van der Waals surface area contributed by atoms with Gasteiger partial charge in [0.05, 0.1) is 23.9 Å². The molecule has 1 unspecified atom stereocenters. The zero-order valence-corrected chi connectivity index (χ0v) is 12.5. The number of rotatable bonds is 4. The molecule has 0 saturated carbocycles. The van der Waals surface area contributed by atoms with E-state index in [0.29, 0.717) is 16.3 Å². The number of anilines is 1. The number of hydrogen-bond donors (Lipinski definition) is 1. The minimum atomic E-state index is -0.299. The van der Waals surface area contributed by atoms with E-state index in [-0.39, 0.29) is 11.9 Å². The Balaban J connectivity index is 2.21. The van der Waals surface area contributed by atoms with Crippen LogP contribution in [0.5, 0.6) is 5.75 Å². The van der Waals surface area contributed by atoms with Gasteiger partial charge in [-0.3, -0.25) is 0 Å². The van der Waals surface area contributed by atoms with E-state index in [2.05, 4.69) is 5.32 Å². The largest absolute Gasteiger partial charge is 0.497 e. The molecule has 0 saturated heterocycles. The molecule has 0 radical (unpaired) electrons. The Morgan fingerprint density at radius 1 is 1.20 bits per heavy atom. The van der Waals surface area contributed by atoms with Crippen molar-refractivity contribution in [3.63, 3.8) is 0 Å². The normalized spacial score (nSPS) is 12.1. The summed E-state index contributed by atoms with van der Waals surface area (Å²) in [6, 6.07) is 10.4. The van der Waals surface area contributed by atoms with Crippen LogP contribution >= 0.6 is 11.6 Å². The van der Waals surface area contributed by atoms with E-state index in [0.717, 1.165) is 11.3 Å². The highest BCUT2D eigenvalue weighted by Gasteiger charge is 2.13. The molecule has 0 aliphatic rings. The van der Waals surface area contributed by atoms with E-state index >= 15 is 0 Å². The van der Waals surface area contributed by atoms with Crippen LogP contribution in [0, 0.1) is 12.7 Å². The van der Waals surface area contributed by atoms with E-state index < -0.39 is 0 Å². The molecule has 0 aromatic heterocycles. The smallest absolute Gasteiger partial charge is 0.132 e. The van der Waals surface area contributed by atoms with E-state index in [9.17, 15) is 4.39 Å². The van der Waals surface area contributed by atoms with E-state index in [1.807, 2.05) is 32.0 Å². The van der Waals surface area contributed by atoms with Crippen LogP contribution in [0.25, 0.3) is 0 Å². The Labute approximate surface area is 123 Å². The van der Waals surface area contributed by atoms with Crippen molar-refractivity contribution in [2.75, 3.05) is 12.4 Å². The molecule has 1 N–H and O–H groups in total. The number of methoxy groups -OCH3 is 1. The second kappa shape index (κ2) is 6.14. The first-order chi connectivity index (χ1) is 9.51. The standard InChI is InChI=1S/C16H17ClFNO/c1-10-4-7-16(14(17)8-10)19-11(2)13-6-5-12(20-3)9-15(13)18/h4-9,11,19H,1-3H3. The SMILES string of the molecule is COc1ccc(C(C)Nc2ccc(C)cc2Cl)c(F)c1. The third-order valence-corrected chi connectivity index (χ3v) is 3.48. The first-order valence-electron chi connectivity index (χ1n) is 6.37. The van der Waals surface area contributed by atoms with Gasteiger partial charge in [0, 0.05) is 11.6 Å². The van der Waals surface area contributed by atoms with Gasteiger partial charge in [0.1, 0.15) is 11.6 Å². The topological polar surface area (TPSA) is 21.3 Å². The summed E-state index contributed by atoms with van der Waals surface area (Å²) < 4.78 is 19.0. The van der Waals surface area contributed by atoms with Gasteiger partial charge < -0.3 is 10.1 Å². The summed E-state index contributed by atoms with van der Waals surface area (Å²) in [6.45, 7) is 3.86.